The zero-order valence-corrected chi connectivity index (χ0v) is 61.6. The fourth-order valence-electron chi connectivity index (χ4n) is 13.0. The Kier molecular flexibility index (Phi) is 24.6. The number of aliphatic hydroxyl groups excluding tert-OH is 4. The van der Waals surface area contributed by atoms with Gasteiger partial charge < -0.3 is 109 Å². The van der Waals surface area contributed by atoms with Gasteiger partial charge in [0.05, 0.1) is 47.2 Å². The van der Waals surface area contributed by atoms with Gasteiger partial charge in [-0.2, -0.15) is 0 Å². The summed E-state index contributed by atoms with van der Waals surface area (Å²) in [6, 6.07) is 9.68. The van der Waals surface area contributed by atoms with Gasteiger partial charge in [0.2, 0.25) is 46.3 Å². The zero-order valence-electron chi connectivity index (χ0n) is 61.6. The molecule has 0 spiro atoms. The van der Waals surface area contributed by atoms with Gasteiger partial charge in [0, 0.05) is 139 Å². The van der Waals surface area contributed by atoms with E-state index < -0.39 is 182 Å². The first-order chi connectivity index (χ1) is 55.5. The standard InChI is InChI=1S/C46H50O10.2C20H10O10/c1-11-19-49-33-29-37(53-23-15-5)45(55-25-17-7)43-35(51-21-13-3)27-31(47-9)39(41(33)43)40-32(48-10)28-36(52-22-14-4)44-42(40)34(50-20-12-2)30-38(54-24-16-6)46(44)56-26-18-8;2*21-5-1-9(25)17-15(7(23)3-11(27)19(17)29)13(5)14-6(22)2-10(26)18-16(14)8(24)4-12(28)20(18)30/h11-18,27-30H,1-8,19-26H2,9-10H3;2*1-4,21-26H. The zero-order chi connectivity index (χ0) is 84.6. The summed E-state index contributed by atoms with van der Waals surface area (Å²) in [5.41, 5.74) is -6.05. The summed E-state index contributed by atoms with van der Waals surface area (Å²) >= 11 is 0. The van der Waals surface area contributed by atoms with Crippen molar-refractivity contribution < 1.29 is 147 Å². The first-order valence-corrected chi connectivity index (χ1v) is 34.2. The van der Waals surface area contributed by atoms with Crippen LogP contribution in [0.2, 0.25) is 0 Å². The summed E-state index contributed by atoms with van der Waals surface area (Å²) in [4.78, 5) is 96.0. The Morgan fingerprint density at radius 1 is 0.233 bits per heavy atom. The fourth-order valence-corrected chi connectivity index (χ4v) is 13.0. The molecule has 0 aliphatic heterocycles. The van der Waals surface area contributed by atoms with E-state index in [1.807, 2.05) is 0 Å². The molecule has 0 amide bonds. The molecular weight excluding hydrogens is 1510 g/mol. The summed E-state index contributed by atoms with van der Waals surface area (Å²) in [5.74, 6) is -15.7. The molecule has 116 heavy (non-hydrogen) atoms. The summed E-state index contributed by atoms with van der Waals surface area (Å²) in [5, 5.41) is 125. The second-order valence-corrected chi connectivity index (χ2v) is 24.7. The second-order valence-electron chi connectivity index (χ2n) is 24.7. The lowest BCUT2D eigenvalue weighted by molar-refractivity contribution is -0.111. The van der Waals surface area contributed by atoms with Crippen molar-refractivity contribution in [1.82, 2.24) is 0 Å². The van der Waals surface area contributed by atoms with Crippen LogP contribution in [0.25, 0.3) is 78.0 Å². The lowest BCUT2D eigenvalue weighted by Crippen LogP contribution is -2.21. The second kappa shape index (κ2) is 34.6. The number of benzene rings is 8. The number of rotatable bonds is 29. The highest BCUT2D eigenvalue weighted by Gasteiger charge is 2.42. The molecule has 0 saturated heterocycles. The number of aliphatic hydroxyl groups is 4. The van der Waals surface area contributed by atoms with Crippen molar-refractivity contribution >= 4 is 90.8 Å². The number of aromatic hydroxyl groups is 8. The fraction of sp³-hybridized carbons (Fsp3) is 0.116. The summed E-state index contributed by atoms with van der Waals surface area (Å²) in [7, 11) is 3.13. The van der Waals surface area contributed by atoms with Crippen LogP contribution >= 0.6 is 0 Å². The average Bonchev–Trinajstić information content (AvgIpc) is 0.784. The third-order valence-corrected chi connectivity index (χ3v) is 17.5. The Bertz CT molecular complexity index is 5260. The van der Waals surface area contributed by atoms with Crippen LogP contribution in [-0.2, 0) is 19.2 Å². The maximum atomic E-state index is 12.3. The molecular formula is C86H70O30. The molecule has 8 aromatic carbocycles. The molecule has 4 aliphatic carbocycles. The largest absolute Gasteiger partial charge is 0.507 e. The number of allylic oxidation sites excluding steroid dienone is 4. The molecule has 4 aliphatic rings. The van der Waals surface area contributed by atoms with Crippen molar-refractivity contribution in [2.45, 2.75) is 0 Å². The summed E-state index contributed by atoms with van der Waals surface area (Å²) in [6.07, 6.45) is 15.2. The van der Waals surface area contributed by atoms with Crippen molar-refractivity contribution in [2.75, 3.05) is 67.1 Å². The highest BCUT2D eigenvalue weighted by molar-refractivity contribution is 6.53. The predicted octanol–water partition coefficient (Wildman–Crippen LogP) is 13.2. The maximum Gasteiger partial charge on any atom is 0.237 e. The van der Waals surface area contributed by atoms with Gasteiger partial charge in [0.1, 0.15) is 156 Å². The number of phenolic OH excluding ortho intramolecular Hbond substituents is 8. The summed E-state index contributed by atoms with van der Waals surface area (Å²) < 4.78 is 63.2. The van der Waals surface area contributed by atoms with E-state index in [-0.39, 0.29) is 52.9 Å². The van der Waals surface area contributed by atoms with Crippen molar-refractivity contribution in [3.8, 4) is 137 Å². The van der Waals surface area contributed by atoms with Gasteiger partial charge in [-0.1, -0.05) is 101 Å². The quantitative estimate of drug-likeness (QED) is 0.0153. The molecule has 0 radical (unpaired) electrons. The van der Waals surface area contributed by atoms with Gasteiger partial charge in [0.25, 0.3) is 0 Å². The van der Waals surface area contributed by atoms with Gasteiger partial charge >= 0.3 is 0 Å². The Balaban J connectivity index is 0.000000199. The van der Waals surface area contributed by atoms with Crippen LogP contribution in [0.3, 0.4) is 0 Å². The number of fused-ring (bicyclic) bond motifs is 6. The molecule has 0 heterocycles. The number of phenols is 8. The average molecular weight is 1580 g/mol. The predicted molar refractivity (Wildman–Crippen MR) is 422 cm³/mol. The molecule has 12 rings (SSSR count). The molecule has 0 saturated carbocycles. The minimum atomic E-state index is -1.22. The summed E-state index contributed by atoms with van der Waals surface area (Å²) in [6.45, 7) is 32.2. The normalized spacial score (nSPS) is 13.0. The number of hydrogen-bond acceptors (Lipinski definition) is 30. The van der Waals surface area contributed by atoms with Crippen LogP contribution in [0.5, 0.6) is 103 Å². The van der Waals surface area contributed by atoms with Crippen molar-refractivity contribution in [2.24, 2.45) is 0 Å². The molecule has 30 heteroatoms. The number of Topliss-reactive ketones (excluding diaryl/α,β-unsaturated/α-hetero) is 4. The van der Waals surface area contributed by atoms with E-state index >= 15 is 0 Å². The molecule has 0 unspecified atom stereocenters. The van der Waals surface area contributed by atoms with Crippen molar-refractivity contribution in [3.05, 3.63) is 219 Å². The minimum absolute atomic E-state index is 0.145. The topological polar surface area (TPSA) is 472 Å². The smallest absolute Gasteiger partial charge is 0.237 e. The first-order valence-electron chi connectivity index (χ1n) is 34.2. The minimum Gasteiger partial charge on any atom is -0.507 e. The van der Waals surface area contributed by atoms with E-state index in [0.29, 0.717) is 139 Å². The monoisotopic (exact) mass is 1580 g/mol. The van der Waals surface area contributed by atoms with Crippen molar-refractivity contribution in [3.63, 3.8) is 0 Å². The third kappa shape index (κ3) is 15.0. The molecule has 0 fully saturated rings. The molecule has 12 N–H and O–H groups in total. The van der Waals surface area contributed by atoms with Crippen molar-refractivity contribution in [1.29, 1.82) is 0 Å². The Morgan fingerprint density at radius 3 is 0.638 bits per heavy atom. The molecule has 594 valence electrons. The van der Waals surface area contributed by atoms with E-state index in [2.05, 4.69) is 52.6 Å². The van der Waals surface area contributed by atoms with E-state index in [0.717, 1.165) is 0 Å². The van der Waals surface area contributed by atoms with Crippen LogP contribution in [0.1, 0.15) is 63.7 Å². The molecule has 8 aromatic rings. The Hall–Kier alpha value is -15.9. The highest BCUT2D eigenvalue weighted by atomic mass is 16.5. The number of hydrogen-bond donors (Lipinski definition) is 12. The van der Waals surface area contributed by atoms with E-state index in [9.17, 15) is 99.6 Å². The van der Waals surface area contributed by atoms with Crippen LogP contribution in [0.4, 0.5) is 0 Å². The number of ether oxygens (including phenoxy) is 10. The van der Waals surface area contributed by atoms with Crippen LogP contribution in [0.15, 0.2) is 174 Å². The molecule has 0 aromatic heterocycles. The van der Waals surface area contributed by atoms with E-state index in [4.69, 9.17) is 47.4 Å². The third-order valence-electron chi connectivity index (χ3n) is 17.5. The Morgan fingerprint density at radius 2 is 0.422 bits per heavy atom. The van der Waals surface area contributed by atoms with E-state index in [1.54, 1.807) is 87.1 Å². The van der Waals surface area contributed by atoms with Crippen LogP contribution < -0.4 is 47.4 Å². The number of carbonyl (C=O) groups is 8. The van der Waals surface area contributed by atoms with Gasteiger partial charge in [-0.05, 0) is 0 Å². The lowest BCUT2D eigenvalue weighted by Gasteiger charge is -2.26. The van der Waals surface area contributed by atoms with Gasteiger partial charge in [-0.25, -0.2) is 0 Å². The van der Waals surface area contributed by atoms with Crippen LogP contribution in [-0.4, -0.2) is 175 Å². The maximum absolute atomic E-state index is 12.3. The number of methoxy groups -OCH3 is 2. The van der Waals surface area contributed by atoms with E-state index in [1.165, 1.54) is 0 Å². The molecule has 0 bridgehead atoms. The molecule has 0 atom stereocenters. The SMILES string of the molecule is C=CCOc1cc(OCC=C)c2c(-c3c(OC)cc(OCC=C)c4c(OCC=C)c(OCC=C)cc(OCC=C)c34)c(OC)cc(OCC=C)c2c1OCC=C.O=C1C=C(O)c2c(c(O)cc(O)c2-c2c(O)cc(O)c3c2C(O)=CC(=O)C3=O)C1=O.O=C1C=C(O)c2c(c(O)cc(O)c2-c2c(O)cc(O)c3c2C(O)=CC(=O)C3=O)C1=O. The lowest BCUT2D eigenvalue weighted by atomic mass is 9.81. The number of carbonyl (C=O) groups excluding carboxylic acids is 8. The van der Waals surface area contributed by atoms with Gasteiger partial charge in [0.15, 0.2) is 23.0 Å². The highest BCUT2D eigenvalue weighted by Crippen LogP contribution is 2.61. The van der Waals surface area contributed by atoms with Crippen LogP contribution in [0, 0.1) is 0 Å². The Labute approximate surface area is 657 Å². The molecule has 30 nitrogen and oxygen atoms in total. The van der Waals surface area contributed by atoms with Gasteiger partial charge in [-0.3, -0.25) is 38.4 Å². The number of ketones is 8. The first kappa shape index (κ1) is 82.6. The van der Waals surface area contributed by atoms with Gasteiger partial charge in [-0.15, -0.1) is 0 Å².